The molecule has 0 fully saturated rings. The fraction of sp³-hybridized carbons (Fsp3) is 0.211. The SMILES string of the molecule is Cc1ccc2[nH]c(C(=O)N(C)Cc3ccccc3)c(C)c2c1. The van der Waals surface area contributed by atoms with E-state index < -0.39 is 0 Å². The minimum Gasteiger partial charge on any atom is -0.350 e. The molecule has 112 valence electrons. The average molecular weight is 292 g/mol. The maximum atomic E-state index is 12.7. The van der Waals surface area contributed by atoms with Crippen molar-refractivity contribution < 1.29 is 4.79 Å². The van der Waals surface area contributed by atoms with Gasteiger partial charge in [-0.25, -0.2) is 0 Å². The Balaban J connectivity index is 1.90. The number of carbonyl (C=O) groups excluding carboxylic acids is 1. The summed E-state index contributed by atoms with van der Waals surface area (Å²) in [7, 11) is 1.84. The van der Waals surface area contributed by atoms with E-state index in [-0.39, 0.29) is 5.91 Å². The van der Waals surface area contributed by atoms with E-state index in [9.17, 15) is 4.79 Å². The van der Waals surface area contributed by atoms with Gasteiger partial charge in [0, 0.05) is 24.5 Å². The molecule has 0 aliphatic heterocycles. The van der Waals surface area contributed by atoms with Crippen molar-refractivity contribution in [3.8, 4) is 0 Å². The number of aromatic nitrogens is 1. The minimum atomic E-state index is 0.0233. The molecule has 0 spiro atoms. The van der Waals surface area contributed by atoms with E-state index >= 15 is 0 Å². The lowest BCUT2D eigenvalue weighted by Crippen LogP contribution is -2.27. The van der Waals surface area contributed by atoms with Crippen molar-refractivity contribution in [3.05, 3.63) is 70.9 Å². The quantitative estimate of drug-likeness (QED) is 0.776. The van der Waals surface area contributed by atoms with Crippen molar-refractivity contribution in [1.82, 2.24) is 9.88 Å². The highest BCUT2D eigenvalue weighted by Crippen LogP contribution is 2.24. The maximum Gasteiger partial charge on any atom is 0.270 e. The van der Waals surface area contributed by atoms with Crippen LogP contribution in [-0.4, -0.2) is 22.8 Å². The first-order valence-electron chi connectivity index (χ1n) is 7.44. The molecule has 0 aliphatic carbocycles. The normalized spacial score (nSPS) is 10.9. The van der Waals surface area contributed by atoms with Crippen molar-refractivity contribution in [2.24, 2.45) is 0 Å². The third kappa shape index (κ3) is 2.62. The van der Waals surface area contributed by atoms with Crippen LogP contribution in [0, 0.1) is 13.8 Å². The van der Waals surface area contributed by atoms with Crippen LogP contribution in [0.1, 0.15) is 27.2 Å². The second kappa shape index (κ2) is 5.68. The largest absolute Gasteiger partial charge is 0.350 e. The van der Waals surface area contributed by atoms with Gasteiger partial charge in [0.2, 0.25) is 0 Å². The van der Waals surface area contributed by atoms with Crippen LogP contribution in [0.15, 0.2) is 48.5 Å². The molecule has 0 atom stereocenters. The van der Waals surface area contributed by atoms with Crippen molar-refractivity contribution in [2.75, 3.05) is 7.05 Å². The minimum absolute atomic E-state index is 0.0233. The van der Waals surface area contributed by atoms with Gasteiger partial charge in [0.1, 0.15) is 5.69 Å². The summed E-state index contributed by atoms with van der Waals surface area (Å²) in [5, 5.41) is 1.12. The maximum absolute atomic E-state index is 12.7. The molecule has 3 heteroatoms. The van der Waals surface area contributed by atoms with Gasteiger partial charge in [-0.3, -0.25) is 4.79 Å². The van der Waals surface area contributed by atoms with Gasteiger partial charge in [0.15, 0.2) is 0 Å². The Hall–Kier alpha value is -2.55. The summed E-state index contributed by atoms with van der Waals surface area (Å²) in [4.78, 5) is 17.7. The van der Waals surface area contributed by atoms with Crippen LogP contribution in [-0.2, 0) is 6.54 Å². The number of fused-ring (bicyclic) bond motifs is 1. The van der Waals surface area contributed by atoms with Crippen LogP contribution >= 0.6 is 0 Å². The monoisotopic (exact) mass is 292 g/mol. The fourth-order valence-electron chi connectivity index (χ4n) is 2.77. The van der Waals surface area contributed by atoms with Crippen LogP contribution in [0.5, 0.6) is 0 Å². The van der Waals surface area contributed by atoms with Crippen LogP contribution < -0.4 is 0 Å². The fourth-order valence-corrected chi connectivity index (χ4v) is 2.77. The highest BCUT2D eigenvalue weighted by Gasteiger charge is 2.18. The standard InChI is InChI=1S/C19H20N2O/c1-13-9-10-17-16(11-13)14(2)18(20-17)19(22)21(3)12-15-7-5-4-6-8-15/h4-11,20H,12H2,1-3H3. The number of H-pyrrole nitrogens is 1. The lowest BCUT2D eigenvalue weighted by Gasteiger charge is -2.17. The summed E-state index contributed by atoms with van der Waals surface area (Å²) in [6.07, 6.45) is 0. The molecule has 3 nitrogen and oxygen atoms in total. The molecule has 3 rings (SSSR count). The number of aromatic amines is 1. The zero-order valence-electron chi connectivity index (χ0n) is 13.2. The highest BCUT2D eigenvalue weighted by molar-refractivity contribution is 6.00. The van der Waals surface area contributed by atoms with Crippen molar-refractivity contribution >= 4 is 16.8 Å². The summed E-state index contributed by atoms with van der Waals surface area (Å²) in [5.41, 5.74) is 5.04. The van der Waals surface area contributed by atoms with Gasteiger partial charge in [-0.2, -0.15) is 0 Å². The molecule has 0 saturated heterocycles. The van der Waals surface area contributed by atoms with Gasteiger partial charge < -0.3 is 9.88 Å². The van der Waals surface area contributed by atoms with Crippen molar-refractivity contribution in [3.63, 3.8) is 0 Å². The molecule has 0 bridgehead atoms. The number of hydrogen-bond donors (Lipinski definition) is 1. The molecule has 22 heavy (non-hydrogen) atoms. The molecule has 0 unspecified atom stereocenters. The highest BCUT2D eigenvalue weighted by atomic mass is 16.2. The third-order valence-electron chi connectivity index (χ3n) is 4.04. The molecular weight excluding hydrogens is 272 g/mol. The lowest BCUT2D eigenvalue weighted by molar-refractivity contribution is 0.0779. The Morgan fingerprint density at radius 3 is 2.55 bits per heavy atom. The first-order chi connectivity index (χ1) is 10.6. The van der Waals surface area contributed by atoms with Crippen LogP contribution in [0.25, 0.3) is 10.9 Å². The van der Waals surface area contributed by atoms with Gasteiger partial charge in [-0.15, -0.1) is 0 Å². The third-order valence-corrected chi connectivity index (χ3v) is 4.04. The molecule has 1 aromatic heterocycles. The Labute approximate surface area is 130 Å². The number of aryl methyl sites for hydroxylation is 2. The predicted octanol–water partition coefficient (Wildman–Crippen LogP) is 4.06. The summed E-state index contributed by atoms with van der Waals surface area (Å²) in [6.45, 7) is 4.67. The molecule has 3 aromatic rings. The number of rotatable bonds is 3. The molecular formula is C19H20N2O. The van der Waals surface area contributed by atoms with Crippen molar-refractivity contribution in [1.29, 1.82) is 0 Å². The molecule has 0 radical (unpaired) electrons. The zero-order valence-corrected chi connectivity index (χ0v) is 13.2. The van der Waals surface area contributed by atoms with E-state index in [1.54, 1.807) is 4.90 Å². The molecule has 1 amide bonds. The Bertz CT molecular complexity index is 818. The van der Waals surface area contributed by atoms with E-state index in [0.717, 1.165) is 22.0 Å². The molecule has 0 saturated carbocycles. The van der Waals surface area contributed by atoms with E-state index in [1.807, 2.05) is 50.4 Å². The van der Waals surface area contributed by atoms with E-state index in [4.69, 9.17) is 0 Å². The summed E-state index contributed by atoms with van der Waals surface area (Å²) < 4.78 is 0. The second-order valence-corrected chi connectivity index (χ2v) is 5.82. The summed E-state index contributed by atoms with van der Waals surface area (Å²) in [6, 6.07) is 16.2. The van der Waals surface area contributed by atoms with E-state index in [1.165, 1.54) is 5.56 Å². The topological polar surface area (TPSA) is 36.1 Å². The van der Waals surface area contributed by atoms with Crippen LogP contribution in [0.4, 0.5) is 0 Å². The first-order valence-corrected chi connectivity index (χ1v) is 7.44. The van der Waals surface area contributed by atoms with Gasteiger partial charge in [-0.05, 0) is 37.1 Å². The van der Waals surface area contributed by atoms with Crippen LogP contribution in [0.3, 0.4) is 0 Å². The summed E-state index contributed by atoms with van der Waals surface area (Å²) >= 11 is 0. The Kier molecular flexibility index (Phi) is 3.72. The van der Waals surface area contributed by atoms with Gasteiger partial charge in [-0.1, -0.05) is 42.0 Å². The molecule has 1 N–H and O–H groups in total. The smallest absolute Gasteiger partial charge is 0.270 e. The van der Waals surface area contributed by atoms with Crippen LogP contribution in [0.2, 0.25) is 0 Å². The van der Waals surface area contributed by atoms with E-state index in [2.05, 4.69) is 24.0 Å². The molecule has 0 aliphatic rings. The van der Waals surface area contributed by atoms with Gasteiger partial charge in [0.05, 0.1) is 0 Å². The lowest BCUT2D eigenvalue weighted by atomic mass is 10.1. The Morgan fingerprint density at radius 1 is 1.09 bits per heavy atom. The zero-order chi connectivity index (χ0) is 15.7. The molecule has 2 aromatic carbocycles. The average Bonchev–Trinajstić information content (AvgIpc) is 2.84. The van der Waals surface area contributed by atoms with Gasteiger partial charge in [0.25, 0.3) is 5.91 Å². The number of amides is 1. The number of nitrogens with zero attached hydrogens (tertiary/aromatic N) is 1. The number of nitrogens with one attached hydrogen (secondary N) is 1. The number of carbonyl (C=O) groups is 1. The number of hydrogen-bond acceptors (Lipinski definition) is 1. The second-order valence-electron chi connectivity index (χ2n) is 5.82. The Morgan fingerprint density at radius 2 is 1.82 bits per heavy atom. The number of benzene rings is 2. The first kappa shape index (κ1) is 14.4. The van der Waals surface area contributed by atoms with Crippen molar-refractivity contribution in [2.45, 2.75) is 20.4 Å². The van der Waals surface area contributed by atoms with Gasteiger partial charge >= 0.3 is 0 Å². The predicted molar refractivity (Wildman–Crippen MR) is 90.0 cm³/mol. The van der Waals surface area contributed by atoms with E-state index in [0.29, 0.717) is 12.2 Å². The molecule has 1 heterocycles. The summed E-state index contributed by atoms with van der Waals surface area (Å²) in [5.74, 6) is 0.0233.